The van der Waals surface area contributed by atoms with Crippen molar-refractivity contribution in [3.05, 3.63) is 76.0 Å². The molecule has 3 rings (SSSR count). The second-order valence-corrected chi connectivity index (χ2v) is 8.19. The van der Waals surface area contributed by atoms with Gasteiger partial charge in [-0.05, 0) is 50.2 Å². The summed E-state index contributed by atoms with van der Waals surface area (Å²) in [5.41, 5.74) is 4.94. The molecule has 0 saturated carbocycles. The van der Waals surface area contributed by atoms with E-state index in [0.29, 0.717) is 15.7 Å². The number of benzene rings is 2. The molecule has 0 bridgehead atoms. The average Bonchev–Trinajstić information content (AvgIpc) is 2.98. The Labute approximate surface area is 177 Å². The van der Waals surface area contributed by atoms with Crippen LogP contribution < -0.4 is 5.43 Å². The number of nitrogens with zero attached hydrogens (tertiary/aromatic N) is 3. The third-order valence-corrected chi connectivity index (χ3v) is 5.63. The lowest BCUT2D eigenvalue weighted by Gasteiger charge is -2.09. The fourth-order valence-corrected chi connectivity index (χ4v) is 3.72. The zero-order valence-corrected chi connectivity index (χ0v) is 17.6. The number of hydrogen-bond donors (Lipinski definition) is 1. The van der Waals surface area contributed by atoms with Crippen LogP contribution in [0.25, 0.3) is 5.69 Å². The van der Waals surface area contributed by atoms with Crippen LogP contribution in [0.4, 0.5) is 0 Å². The molecule has 3 aromatic rings. The fraction of sp³-hybridized carbons (Fsp3) is 0.150. The molecule has 144 valence electrons. The first-order chi connectivity index (χ1) is 13.5. The summed E-state index contributed by atoms with van der Waals surface area (Å²) in [5, 5.41) is 9.06. The smallest absolute Gasteiger partial charge is 0.253 e. The highest BCUT2D eigenvalue weighted by Crippen LogP contribution is 2.25. The molecule has 1 N–H and O–H groups in total. The van der Waals surface area contributed by atoms with E-state index in [-0.39, 0.29) is 11.2 Å². The van der Waals surface area contributed by atoms with Crippen molar-refractivity contribution < 1.29 is 4.79 Å². The maximum absolute atomic E-state index is 12.3. The van der Waals surface area contributed by atoms with Crippen molar-refractivity contribution in [2.24, 2.45) is 5.10 Å². The van der Waals surface area contributed by atoms with Crippen LogP contribution >= 0.6 is 35.0 Å². The lowest BCUT2D eigenvalue weighted by atomic mass is 10.2. The molecule has 0 spiro atoms. The van der Waals surface area contributed by atoms with Crippen molar-refractivity contribution in [2.45, 2.75) is 24.0 Å². The lowest BCUT2D eigenvalue weighted by molar-refractivity contribution is -0.120. The van der Waals surface area contributed by atoms with Gasteiger partial charge in [-0.2, -0.15) is 10.2 Å². The maximum Gasteiger partial charge on any atom is 0.253 e. The fourth-order valence-electron chi connectivity index (χ4n) is 2.47. The number of thioether (sulfide) groups is 1. The molecule has 2 aromatic carbocycles. The van der Waals surface area contributed by atoms with E-state index in [1.807, 2.05) is 56.3 Å². The minimum absolute atomic E-state index is 0.208. The van der Waals surface area contributed by atoms with Crippen molar-refractivity contribution >= 4 is 47.1 Å². The monoisotopic (exact) mass is 432 g/mol. The van der Waals surface area contributed by atoms with Crippen LogP contribution in [0, 0.1) is 6.92 Å². The standard InChI is InChI=1S/C20H18Cl2N4OS/c1-13-18(19(22)25-26(13)16-6-4-3-5-7-16)12-23-24-20(27)14(2)28-17-10-8-15(21)9-11-17/h3-12,14H,1-2H3,(H,24,27)/b23-12-/t14-/m1/s1. The first kappa shape index (κ1) is 20.5. The second-order valence-electron chi connectivity index (χ2n) is 5.99. The number of carbonyl (C=O) groups is 1. The molecule has 0 unspecified atom stereocenters. The zero-order valence-electron chi connectivity index (χ0n) is 15.3. The van der Waals surface area contributed by atoms with E-state index in [2.05, 4.69) is 15.6 Å². The highest BCUT2D eigenvalue weighted by molar-refractivity contribution is 8.00. The summed E-state index contributed by atoms with van der Waals surface area (Å²) in [4.78, 5) is 13.2. The van der Waals surface area contributed by atoms with E-state index in [9.17, 15) is 4.79 Å². The van der Waals surface area contributed by atoms with E-state index in [1.54, 1.807) is 16.8 Å². The first-order valence-corrected chi connectivity index (χ1v) is 10.1. The molecule has 1 heterocycles. The summed E-state index contributed by atoms with van der Waals surface area (Å²) in [5.74, 6) is -0.208. The van der Waals surface area contributed by atoms with Crippen molar-refractivity contribution in [2.75, 3.05) is 0 Å². The Morgan fingerprint density at radius 2 is 1.86 bits per heavy atom. The molecule has 5 nitrogen and oxygen atoms in total. The number of carbonyl (C=O) groups excluding carboxylic acids is 1. The average molecular weight is 433 g/mol. The molecule has 1 aromatic heterocycles. The van der Waals surface area contributed by atoms with Gasteiger partial charge in [-0.3, -0.25) is 4.79 Å². The van der Waals surface area contributed by atoms with Crippen LogP contribution in [0.2, 0.25) is 10.2 Å². The highest BCUT2D eigenvalue weighted by Gasteiger charge is 2.15. The third-order valence-electron chi connectivity index (χ3n) is 3.98. The Morgan fingerprint density at radius 3 is 2.54 bits per heavy atom. The number of aromatic nitrogens is 2. The normalized spacial score (nSPS) is 12.3. The van der Waals surface area contributed by atoms with E-state index in [4.69, 9.17) is 23.2 Å². The number of amides is 1. The highest BCUT2D eigenvalue weighted by atomic mass is 35.5. The minimum atomic E-state index is -0.318. The molecule has 0 aliphatic rings. The molecule has 8 heteroatoms. The Hall–Kier alpha value is -2.28. The number of hydrazone groups is 1. The van der Waals surface area contributed by atoms with Gasteiger partial charge in [0, 0.05) is 9.92 Å². The third kappa shape index (κ3) is 4.95. The Morgan fingerprint density at radius 1 is 1.18 bits per heavy atom. The number of nitrogens with one attached hydrogen (secondary N) is 1. The molecule has 1 atom stereocenters. The largest absolute Gasteiger partial charge is 0.272 e. The van der Waals surface area contributed by atoms with Crippen molar-refractivity contribution in [3.63, 3.8) is 0 Å². The van der Waals surface area contributed by atoms with Crippen LogP contribution in [0.5, 0.6) is 0 Å². The van der Waals surface area contributed by atoms with Crippen LogP contribution in [0.15, 0.2) is 64.6 Å². The molecule has 0 fully saturated rings. The van der Waals surface area contributed by atoms with Crippen LogP contribution in [0.1, 0.15) is 18.2 Å². The number of hydrogen-bond acceptors (Lipinski definition) is 4. The van der Waals surface area contributed by atoms with E-state index >= 15 is 0 Å². The second kappa shape index (κ2) is 9.28. The SMILES string of the molecule is Cc1c(/C=N\NC(=O)[C@@H](C)Sc2ccc(Cl)cc2)c(Cl)nn1-c1ccccc1. The van der Waals surface area contributed by atoms with Crippen LogP contribution in [-0.4, -0.2) is 27.2 Å². The maximum atomic E-state index is 12.3. The molecule has 0 radical (unpaired) electrons. The zero-order chi connectivity index (χ0) is 20.1. The van der Waals surface area contributed by atoms with Crippen LogP contribution in [-0.2, 0) is 4.79 Å². The first-order valence-electron chi connectivity index (χ1n) is 8.51. The van der Waals surface area contributed by atoms with Crippen LogP contribution in [0.3, 0.4) is 0 Å². The predicted molar refractivity (Wildman–Crippen MR) is 116 cm³/mol. The van der Waals surface area contributed by atoms with E-state index in [1.165, 1.54) is 18.0 Å². The molecular weight excluding hydrogens is 415 g/mol. The van der Waals surface area contributed by atoms with E-state index in [0.717, 1.165) is 16.3 Å². The van der Waals surface area contributed by atoms with Crippen molar-refractivity contribution in [1.82, 2.24) is 15.2 Å². The van der Waals surface area contributed by atoms with Gasteiger partial charge >= 0.3 is 0 Å². The van der Waals surface area contributed by atoms with Gasteiger partial charge in [0.1, 0.15) is 0 Å². The molecule has 0 saturated heterocycles. The number of rotatable bonds is 6. The van der Waals surface area contributed by atoms with Gasteiger partial charge in [-0.15, -0.1) is 11.8 Å². The lowest BCUT2D eigenvalue weighted by Crippen LogP contribution is -2.26. The summed E-state index contributed by atoms with van der Waals surface area (Å²) in [6, 6.07) is 17.0. The van der Waals surface area contributed by atoms with Gasteiger partial charge in [-0.1, -0.05) is 41.4 Å². The molecule has 1 amide bonds. The number of halogens is 2. The van der Waals surface area contributed by atoms with Gasteiger partial charge in [0.25, 0.3) is 5.91 Å². The van der Waals surface area contributed by atoms with Gasteiger partial charge in [0.2, 0.25) is 0 Å². The van der Waals surface area contributed by atoms with Gasteiger partial charge in [0.15, 0.2) is 5.15 Å². The number of para-hydroxylation sites is 1. The summed E-state index contributed by atoms with van der Waals surface area (Å²) in [6.45, 7) is 3.71. The molecule has 28 heavy (non-hydrogen) atoms. The van der Waals surface area contributed by atoms with Crippen molar-refractivity contribution in [3.8, 4) is 5.69 Å². The molecular formula is C20H18Cl2N4OS. The van der Waals surface area contributed by atoms with Crippen molar-refractivity contribution in [1.29, 1.82) is 0 Å². The molecule has 0 aliphatic heterocycles. The minimum Gasteiger partial charge on any atom is -0.272 e. The van der Waals surface area contributed by atoms with Gasteiger partial charge in [0.05, 0.1) is 28.4 Å². The Balaban J connectivity index is 1.65. The predicted octanol–water partition coefficient (Wildman–Crippen LogP) is 5.12. The van der Waals surface area contributed by atoms with E-state index < -0.39 is 0 Å². The Kier molecular flexibility index (Phi) is 6.78. The summed E-state index contributed by atoms with van der Waals surface area (Å²) < 4.78 is 1.74. The molecule has 0 aliphatic carbocycles. The summed E-state index contributed by atoms with van der Waals surface area (Å²) >= 11 is 13.6. The summed E-state index contributed by atoms with van der Waals surface area (Å²) in [6.07, 6.45) is 1.52. The van der Waals surface area contributed by atoms with Gasteiger partial charge < -0.3 is 0 Å². The van der Waals surface area contributed by atoms with Gasteiger partial charge in [-0.25, -0.2) is 10.1 Å². The quantitative estimate of drug-likeness (QED) is 0.334. The topological polar surface area (TPSA) is 59.3 Å². The Bertz CT molecular complexity index is 987. The summed E-state index contributed by atoms with van der Waals surface area (Å²) in [7, 11) is 0.